The largest absolute Gasteiger partial charge is 0.347 e. The van der Waals surface area contributed by atoms with Gasteiger partial charge in [-0.25, -0.2) is 4.98 Å². The summed E-state index contributed by atoms with van der Waals surface area (Å²) in [6, 6.07) is 4.64. The summed E-state index contributed by atoms with van der Waals surface area (Å²) in [6.45, 7) is 0. The molecule has 23 heavy (non-hydrogen) atoms. The van der Waals surface area contributed by atoms with E-state index in [1.54, 1.807) is 11.3 Å². The lowest BCUT2D eigenvalue weighted by atomic mass is 9.67. The Balaban J connectivity index is 1.48. The Labute approximate surface area is 144 Å². The van der Waals surface area contributed by atoms with Crippen molar-refractivity contribution in [3.8, 4) is 9.88 Å². The summed E-state index contributed by atoms with van der Waals surface area (Å²) < 4.78 is 0. The number of rotatable bonds is 3. The maximum Gasteiger partial charge on any atom is 0.271 e. The fourth-order valence-electron chi connectivity index (χ4n) is 4.14. The van der Waals surface area contributed by atoms with Crippen LogP contribution >= 0.6 is 22.7 Å². The second kappa shape index (κ2) is 6.34. The Hall–Kier alpha value is -1.24. The highest BCUT2D eigenvalue weighted by Crippen LogP contribution is 2.39. The van der Waals surface area contributed by atoms with Crippen LogP contribution in [0.15, 0.2) is 22.9 Å². The quantitative estimate of drug-likeness (QED) is 0.893. The fraction of sp³-hybridized carbons (Fsp3) is 0.529. The summed E-state index contributed by atoms with van der Waals surface area (Å²) in [5, 5.41) is 8.10. The number of nitrogens with one attached hydrogen (secondary N) is 1. The molecule has 4 rings (SSSR count). The molecule has 0 spiro atoms. The van der Waals surface area contributed by atoms with Crippen LogP contribution in [0.1, 0.15) is 42.6 Å². The van der Waals surface area contributed by atoms with E-state index in [1.165, 1.54) is 30.6 Å². The van der Waals surface area contributed by atoms with Crippen LogP contribution in [0.25, 0.3) is 9.88 Å². The summed E-state index contributed by atoms with van der Waals surface area (Å²) in [5.74, 6) is 1.05. The lowest BCUT2D eigenvalue weighted by Gasteiger charge is -2.45. The minimum absolute atomic E-state index is 0.0265. The van der Waals surface area contributed by atoms with Crippen molar-refractivity contribution >= 4 is 28.6 Å². The molecule has 1 amide bonds. The average Bonchev–Trinajstić information content (AvgIpc) is 3.19. The summed E-state index contributed by atoms with van der Waals surface area (Å²) in [7, 11) is 0. The number of hydrogen-bond acceptors (Lipinski definition) is 5. The van der Waals surface area contributed by atoms with Gasteiger partial charge in [-0.1, -0.05) is 12.5 Å². The highest BCUT2D eigenvalue weighted by Gasteiger charge is 2.40. The zero-order chi connectivity index (χ0) is 15.8. The first-order valence-electron chi connectivity index (χ1n) is 8.26. The molecule has 0 aromatic carbocycles. The first-order chi connectivity index (χ1) is 11.2. The predicted molar refractivity (Wildman–Crippen MR) is 94.7 cm³/mol. The van der Waals surface area contributed by atoms with E-state index in [9.17, 15) is 4.79 Å². The fourth-order valence-corrected chi connectivity index (χ4v) is 5.76. The molecule has 2 bridgehead atoms. The van der Waals surface area contributed by atoms with Crippen LogP contribution in [0.5, 0.6) is 0 Å². The van der Waals surface area contributed by atoms with E-state index in [4.69, 9.17) is 5.73 Å². The maximum absolute atomic E-state index is 12.6. The van der Waals surface area contributed by atoms with Gasteiger partial charge in [0.2, 0.25) is 0 Å². The topological polar surface area (TPSA) is 68.0 Å². The molecule has 0 aliphatic heterocycles. The molecule has 6 heteroatoms. The molecule has 2 aromatic heterocycles. The normalized spacial score (nSPS) is 30.1. The second-order valence-electron chi connectivity index (χ2n) is 6.70. The highest BCUT2D eigenvalue weighted by molar-refractivity contribution is 7.20. The Kier molecular flexibility index (Phi) is 4.22. The van der Waals surface area contributed by atoms with Crippen LogP contribution in [-0.4, -0.2) is 23.0 Å². The molecule has 2 fully saturated rings. The maximum atomic E-state index is 12.6. The Morgan fingerprint density at radius 3 is 2.74 bits per heavy atom. The standard InChI is InChI=1S/C17H21N3OS2/c18-12-7-10-3-1-4-11(8-12)15(10)20-16(21)13-9-23-17(19-13)14-5-2-6-22-14/h2,5-6,9-12,15H,1,3-4,7-8,18H2,(H,20,21). The molecule has 2 atom stereocenters. The van der Waals surface area contributed by atoms with E-state index >= 15 is 0 Å². The zero-order valence-electron chi connectivity index (χ0n) is 12.9. The van der Waals surface area contributed by atoms with Gasteiger partial charge >= 0.3 is 0 Å². The van der Waals surface area contributed by atoms with Crippen molar-refractivity contribution in [2.75, 3.05) is 0 Å². The third-order valence-electron chi connectivity index (χ3n) is 5.14. The molecule has 0 radical (unpaired) electrons. The first-order valence-corrected chi connectivity index (χ1v) is 10.0. The minimum atomic E-state index is -0.0265. The van der Waals surface area contributed by atoms with Crippen molar-refractivity contribution in [3.05, 3.63) is 28.6 Å². The van der Waals surface area contributed by atoms with Gasteiger partial charge < -0.3 is 11.1 Å². The SMILES string of the molecule is NC1CC2CCCC(C1)C2NC(=O)c1csc(-c2cccs2)n1. The third kappa shape index (κ3) is 3.07. The van der Waals surface area contributed by atoms with E-state index in [0.29, 0.717) is 23.6 Å². The van der Waals surface area contributed by atoms with Gasteiger partial charge in [-0.05, 0) is 49.0 Å². The van der Waals surface area contributed by atoms with Crippen LogP contribution in [-0.2, 0) is 0 Å². The monoisotopic (exact) mass is 347 g/mol. The highest BCUT2D eigenvalue weighted by atomic mass is 32.1. The molecule has 2 unspecified atom stereocenters. The van der Waals surface area contributed by atoms with Gasteiger partial charge in [-0.3, -0.25) is 4.79 Å². The van der Waals surface area contributed by atoms with Crippen molar-refractivity contribution in [1.82, 2.24) is 10.3 Å². The number of amides is 1. The van der Waals surface area contributed by atoms with Gasteiger partial charge in [0, 0.05) is 17.5 Å². The smallest absolute Gasteiger partial charge is 0.271 e. The zero-order valence-corrected chi connectivity index (χ0v) is 14.5. The van der Waals surface area contributed by atoms with Gasteiger partial charge in [-0.2, -0.15) is 0 Å². The molecule has 4 nitrogen and oxygen atoms in total. The Morgan fingerprint density at radius 1 is 1.26 bits per heavy atom. The van der Waals surface area contributed by atoms with Crippen molar-refractivity contribution in [2.45, 2.75) is 44.2 Å². The molecule has 2 aliphatic rings. The van der Waals surface area contributed by atoms with Crippen molar-refractivity contribution in [2.24, 2.45) is 17.6 Å². The lowest BCUT2D eigenvalue weighted by molar-refractivity contribution is 0.0752. The van der Waals surface area contributed by atoms with E-state index in [2.05, 4.69) is 10.3 Å². The van der Waals surface area contributed by atoms with Crippen LogP contribution in [0, 0.1) is 11.8 Å². The number of thiazole rings is 1. The predicted octanol–water partition coefficient (Wildman–Crippen LogP) is 3.51. The molecule has 122 valence electrons. The number of carbonyl (C=O) groups excluding carboxylic acids is 1. The molecular weight excluding hydrogens is 326 g/mol. The van der Waals surface area contributed by atoms with Crippen LogP contribution in [0.4, 0.5) is 0 Å². The molecule has 2 saturated carbocycles. The van der Waals surface area contributed by atoms with E-state index < -0.39 is 0 Å². The molecule has 2 aromatic rings. The molecular formula is C17H21N3OS2. The Bertz CT molecular complexity index is 668. The number of fused-ring (bicyclic) bond motifs is 2. The summed E-state index contributed by atoms with van der Waals surface area (Å²) in [6.07, 6.45) is 5.73. The third-order valence-corrected chi connectivity index (χ3v) is 7.02. The number of aromatic nitrogens is 1. The second-order valence-corrected chi connectivity index (χ2v) is 8.50. The summed E-state index contributed by atoms with van der Waals surface area (Å²) in [5.41, 5.74) is 6.71. The van der Waals surface area contributed by atoms with Crippen LogP contribution in [0.3, 0.4) is 0 Å². The number of carbonyl (C=O) groups is 1. The summed E-state index contributed by atoms with van der Waals surface area (Å²) >= 11 is 3.19. The van der Waals surface area contributed by atoms with Gasteiger partial charge in [-0.15, -0.1) is 22.7 Å². The molecule has 2 aliphatic carbocycles. The lowest BCUT2D eigenvalue weighted by Crippen LogP contribution is -2.53. The van der Waals surface area contributed by atoms with Gasteiger partial charge in [0.05, 0.1) is 4.88 Å². The molecule has 3 N–H and O–H groups in total. The number of nitrogens with zero attached hydrogens (tertiary/aromatic N) is 1. The van der Waals surface area contributed by atoms with Crippen molar-refractivity contribution in [3.63, 3.8) is 0 Å². The summed E-state index contributed by atoms with van der Waals surface area (Å²) in [4.78, 5) is 18.3. The van der Waals surface area contributed by atoms with E-state index in [-0.39, 0.29) is 11.9 Å². The number of nitrogens with two attached hydrogens (primary N) is 1. The van der Waals surface area contributed by atoms with Crippen LogP contribution < -0.4 is 11.1 Å². The van der Waals surface area contributed by atoms with Crippen molar-refractivity contribution in [1.29, 1.82) is 0 Å². The van der Waals surface area contributed by atoms with Gasteiger partial charge in [0.25, 0.3) is 5.91 Å². The van der Waals surface area contributed by atoms with Gasteiger partial charge in [0.15, 0.2) is 0 Å². The Morgan fingerprint density at radius 2 is 2.04 bits per heavy atom. The van der Waals surface area contributed by atoms with E-state index in [1.807, 2.05) is 22.9 Å². The molecule has 0 saturated heterocycles. The van der Waals surface area contributed by atoms with Gasteiger partial charge in [0.1, 0.15) is 10.7 Å². The first kappa shape index (κ1) is 15.3. The van der Waals surface area contributed by atoms with Crippen LogP contribution in [0.2, 0.25) is 0 Å². The van der Waals surface area contributed by atoms with Crippen molar-refractivity contribution < 1.29 is 4.79 Å². The minimum Gasteiger partial charge on any atom is -0.347 e. The number of thiophene rings is 1. The average molecular weight is 348 g/mol. The number of hydrogen-bond donors (Lipinski definition) is 2. The van der Waals surface area contributed by atoms with E-state index in [0.717, 1.165) is 22.7 Å². The molecule has 2 heterocycles.